The van der Waals surface area contributed by atoms with Crippen LogP contribution in [0.2, 0.25) is 0 Å². The largest absolute Gasteiger partial charge is 0.122 e. The molecule has 0 aromatic rings. The Kier molecular flexibility index (Phi) is 5.32. The van der Waals surface area contributed by atoms with Crippen LogP contribution in [0.15, 0.2) is 24.3 Å². The summed E-state index contributed by atoms with van der Waals surface area (Å²) >= 11 is 5.57. The summed E-state index contributed by atoms with van der Waals surface area (Å²) in [5.74, 6) is 0.608. The van der Waals surface area contributed by atoms with Gasteiger partial charge in [-0.2, -0.15) is 0 Å². The summed E-state index contributed by atoms with van der Waals surface area (Å²) in [7, 11) is 0. The summed E-state index contributed by atoms with van der Waals surface area (Å²) in [6, 6.07) is 0. The van der Waals surface area contributed by atoms with E-state index in [0.717, 1.165) is 12.8 Å². The standard InChI is InChI=1S/C11H19Cl/c1-10(2)6-8-11(3,4)7-5-9-12/h5,7H,1,6,8-9H2,2-4H3/b7-5+. The minimum Gasteiger partial charge on any atom is -0.122 e. The van der Waals surface area contributed by atoms with Crippen LogP contribution in [0.25, 0.3) is 0 Å². The highest BCUT2D eigenvalue weighted by Crippen LogP contribution is 2.25. The van der Waals surface area contributed by atoms with Crippen molar-refractivity contribution < 1.29 is 0 Å². The van der Waals surface area contributed by atoms with Crippen LogP contribution in [0.1, 0.15) is 33.6 Å². The Morgan fingerprint density at radius 2 is 2.08 bits per heavy atom. The monoisotopic (exact) mass is 186 g/mol. The molecule has 0 spiro atoms. The fourth-order valence-electron chi connectivity index (χ4n) is 0.982. The van der Waals surface area contributed by atoms with Gasteiger partial charge in [0, 0.05) is 5.88 Å². The molecule has 0 fully saturated rings. The van der Waals surface area contributed by atoms with Gasteiger partial charge < -0.3 is 0 Å². The van der Waals surface area contributed by atoms with Crippen molar-refractivity contribution >= 4 is 11.6 Å². The smallest absolute Gasteiger partial charge is 0.0404 e. The first-order valence-corrected chi connectivity index (χ1v) is 4.89. The van der Waals surface area contributed by atoms with E-state index in [-0.39, 0.29) is 5.41 Å². The van der Waals surface area contributed by atoms with E-state index in [1.165, 1.54) is 5.57 Å². The quantitative estimate of drug-likeness (QED) is 0.447. The van der Waals surface area contributed by atoms with Crippen LogP contribution in [0, 0.1) is 5.41 Å². The van der Waals surface area contributed by atoms with Gasteiger partial charge in [0.2, 0.25) is 0 Å². The van der Waals surface area contributed by atoms with Crippen LogP contribution < -0.4 is 0 Å². The number of halogens is 1. The fourth-order valence-corrected chi connectivity index (χ4v) is 1.07. The Morgan fingerprint density at radius 1 is 1.50 bits per heavy atom. The molecule has 0 atom stereocenters. The molecular weight excluding hydrogens is 168 g/mol. The Balaban J connectivity index is 3.86. The minimum atomic E-state index is 0.258. The second kappa shape index (κ2) is 5.42. The molecule has 1 heteroatoms. The first kappa shape index (κ1) is 11.8. The maximum absolute atomic E-state index is 5.57. The van der Waals surface area contributed by atoms with Crippen LogP contribution in [0.3, 0.4) is 0 Å². The van der Waals surface area contributed by atoms with Gasteiger partial charge in [-0.3, -0.25) is 0 Å². The Labute approximate surface area is 81.3 Å². The van der Waals surface area contributed by atoms with Gasteiger partial charge in [0.1, 0.15) is 0 Å². The molecule has 0 unspecified atom stereocenters. The molecule has 0 heterocycles. The molecule has 0 radical (unpaired) electrons. The van der Waals surface area contributed by atoms with Crippen LogP contribution in [-0.4, -0.2) is 5.88 Å². The summed E-state index contributed by atoms with van der Waals surface area (Å²) in [6.07, 6.45) is 6.44. The van der Waals surface area contributed by atoms with Crippen molar-refractivity contribution in [2.75, 3.05) is 5.88 Å². The minimum absolute atomic E-state index is 0.258. The second-order valence-corrected chi connectivity index (χ2v) is 4.31. The van der Waals surface area contributed by atoms with Crippen LogP contribution in [0.4, 0.5) is 0 Å². The summed E-state index contributed by atoms with van der Waals surface area (Å²) in [6.45, 7) is 10.4. The van der Waals surface area contributed by atoms with Gasteiger partial charge in [0.25, 0.3) is 0 Å². The van der Waals surface area contributed by atoms with Crippen molar-refractivity contribution in [3.05, 3.63) is 24.3 Å². The lowest BCUT2D eigenvalue weighted by Crippen LogP contribution is -2.07. The Bertz CT molecular complexity index is 166. The molecule has 0 nitrogen and oxygen atoms in total. The number of hydrogen-bond acceptors (Lipinski definition) is 0. The van der Waals surface area contributed by atoms with Crippen LogP contribution in [-0.2, 0) is 0 Å². The maximum atomic E-state index is 5.57. The molecule has 0 aliphatic heterocycles. The van der Waals surface area contributed by atoms with Crippen molar-refractivity contribution in [3.8, 4) is 0 Å². The molecule has 0 saturated heterocycles. The Hall–Kier alpha value is -0.230. The van der Waals surface area contributed by atoms with E-state index >= 15 is 0 Å². The average Bonchev–Trinajstić information content (AvgIpc) is 1.98. The molecule has 0 aromatic carbocycles. The highest BCUT2D eigenvalue weighted by atomic mass is 35.5. The van der Waals surface area contributed by atoms with E-state index in [4.69, 9.17) is 11.6 Å². The van der Waals surface area contributed by atoms with E-state index in [1.807, 2.05) is 6.08 Å². The van der Waals surface area contributed by atoms with E-state index in [2.05, 4.69) is 33.4 Å². The van der Waals surface area contributed by atoms with Crippen molar-refractivity contribution in [2.24, 2.45) is 5.41 Å². The summed E-state index contributed by atoms with van der Waals surface area (Å²) < 4.78 is 0. The zero-order chi connectivity index (χ0) is 9.61. The first-order chi connectivity index (χ1) is 5.48. The van der Waals surface area contributed by atoms with Crippen LogP contribution in [0.5, 0.6) is 0 Å². The summed E-state index contributed by atoms with van der Waals surface area (Å²) in [5, 5.41) is 0. The molecule has 0 saturated carbocycles. The predicted molar refractivity (Wildman–Crippen MR) is 57.7 cm³/mol. The molecular formula is C11H19Cl. The van der Waals surface area contributed by atoms with Crippen molar-refractivity contribution in [2.45, 2.75) is 33.6 Å². The highest BCUT2D eigenvalue weighted by Gasteiger charge is 2.12. The third-order valence-corrected chi connectivity index (χ3v) is 2.03. The lowest BCUT2D eigenvalue weighted by molar-refractivity contribution is 0.437. The zero-order valence-corrected chi connectivity index (χ0v) is 9.12. The third-order valence-electron chi connectivity index (χ3n) is 1.85. The molecule has 0 rings (SSSR count). The van der Waals surface area contributed by atoms with Gasteiger partial charge in [-0.15, -0.1) is 18.2 Å². The van der Waals surface area contributed by atoms with E-state index in [1.54, 1.807) is 0 Å². The highest BCUT2D eigenvalue weighted by molar-refractivity contribution is 6.18. The number of hydrogen-bond donors (Lipinski definition) is 0. The average molecular weight is 187 g/mol. The summed E-state index contributed by atoms with van der Waals surface area (Å²) in [5.41, 5.74) is 1.51. The lowest BCUT2D eigenvalue weighted by Gasteiger charge is -2.19. The molecule has 0 bridgehead atoms. The topological polar surface area (TPSA) is 0 Å². The van der Waals surface area contributed by atoms with Gasteiger partial charge in [0.05, 0.1) is 0 Å². The molecule has 12 heavy (non-hydrogen) atoms. The van der Waals surface area contributed by atoms with Gasteiger partial charge in [0.15, 0.2) is 0 Å². The van der Waals surface area contributed by atoms with Gasteiger partial charge in [-0.25, -0.2) is 0 Å². The first-order valence-electron chi connectivity index (χ1n) is 4.36. The molecule has 70 valence electrons. The number of rotatable bonds is 5. The van der Waals surface area contributed by atoms with Gasteiger partial charge in [-0.1, -0.05) is 31.6 Å². The molecule has 0 aromatic heterocycles. The number of allylic oxidation sites excluding steroid dienone is 3. The van der Waals surface area contributed by atoms with Gasteiger partial charge in [-0.05, 0) is 25.2 Å². The van der Waals surface area contributed by atoms with Crippen molar-refractivity contribution in [3.63, 3.8) is 0 Å². The van der Waals surface area contributed by atoms with Gasteiger partial charge >= 0.3 is 0 Å². The van der Waals surface area contributed by atoms with Crippen LogP contribution >= 0.6 is 11.6 Å². The summed E-state index contributed by atoms with van der Waals surface area (Å²) in [4.78, 5) is 0. The van der Waals surface area contributed by atoms with E-state index in [9.17, 15) is 0 Å². The van der Waals surface area contributed by atoms with Crippen molar-refractivity contribution in [1.82, 2.24) is 0 Å². The normalized spacial score (nSPS) is 12.3. The predicted octanol–water partition coefficient (Wildman–Crippen LogP) is 4.16. The third kappa shape index (κ3) is 6.48. The lowest BCUT2D eigenvalue weighted by atomic mass is 9.86. The second-order valence-electron chi connectivity index (χ2n) is 4.00. The maximum Gasteiger partial charge on any atom is 0.0404 e. The molecule has 0 aliphatic rings. The van der Waals surface area contributed by atoms with Crippen molar-refractivity contribution in [1.29, 1.82) is 0 Å². The SMILES string of the molecule is C=C(C)CCC(C)(C)/C=C/CCl. The molecule has 0 N–H and O–H groups in total. The Morgan fingerprint density at radius 3 is 2.50 bits per heavy atom. The van der Waals surface area contributed by atoms with E-state index < -0.39 is 0 Å². The molecule has 0 amide bonds. The molecule has 0 aliphatic carbocycles. The fraction of sp³-hybridized carbons (Fsp3) is 0.636. The number of alkyl halides is 1. The van der Waals surface area contributed by atoms with E-state index in [0.29, 0.717) is 5.88 Å². The zero-order valence-electron chi connectivity index (χ0n) is 8.36.